The number of fused-ring (bicyclic) bond motifs is 2. The van der Waals surface area contributed by atoms with E-state index in [1.165, 1.54) is 76.2 Å². The molecule has 84 heavy (non-hydrogen) atoms. The maximum absolute atomic E-state index is 14.2. The number of carbonyl (C=O) groups excluding carboxylic acids is 2. The smallest absolute Gasteiger partial charge is 0.343 e. The Hall–Kier alpha value is -9.34. The molecular formula is C75H72N4O5. The lowest BCUT2D eigenvalue weighted by Crippen LogP contribution is -2.11. The van der Waals surface area contributed by atoms with E-state index in [-0.39, 0.29) is 6.10 Å². The first-order chi connectivity index (χ1) is 41.3. The van der Waals surface area contributed by atoms with E-state index in [4.69, 9.17) is 14.2 Å². The van der Waals surface area contributed by atoms with Crippen molar-refractivity contribution >= 4 is 56.2 Å². The summed E-state index contributed by atoms with van der Waals surface area (Å²) >= 11 is 0. The summed E-state index contributed by atoms with van der Waals surface area (Å²) in [5.41, 5.74) is 10.2. The SMILES string of the molecule is CCCCCCCCc1ccc(N=Nc2ccc(-c3ccc(C(=O)Oc4ccc5ccccc5c4-c4c(OC(=O)c5ccc(-c6ccc(N=Nc7ccc(O[C@@H](C)CCCCCCC)cc7)cc6)cc5)ccc5ccccc45)cc3)cc2)cc1. The zero-order chi connectivity index (χ0) is 57.9. The van der Waals surface area contributed by atoms with Crippen molar-refractivity contribution in [3.63, 3.8) is 0 Å². The van der Waals surface area contributed by atoms with E-state index in [1.807, 2.05) is 182 Å². The average molecular weight is 1110 g/mol. The van der Waals surface area contributed by atoms with Gasteiger partial charge in [-0.15, -0.1) is 0 Å². The van der Waals surface area contributed by atoms with Crippen molar-refractivity contribution in [3.8, 4) is 50.6 Å². The first kappa shape index (κ1) is 57.9. The largest absolute Gasteiger partial charge is 0.491 e. The fourth-order valence-corrected chi connectivity index (χ4v) is 10.5. The van der Waals surface area contributed by atoms with E-state index in [0.29, 0.717) is 39.4 Å². The lowest BCUT2D eigenvalue weighted by molar-refractivity contribution is 0.0723. The van der Waals surface area contributed by atoms with Gasteiger partial charge in [-0.05, 0) is 179 Å². The zero-order valence-electron chi connectivity index (χ0n) is 48.4. The normalized spacial score (nSPS) is 11.8. The maximum atomic E-state index is 14.2. The minimum atomic E-state index is -0.530. The van der Waals surface area contributed by atoms with Crippen LogP contribution in [-0.4, -0.2) is 18.0 Å². The monoisotopic (exact) mass is 1110 g/mol. The Morgan fingerprint density at radius 3 is 1.19 bits per heavy atom. The quantitative estimate of drug-likeness (QED) is 0.0232. The lowest BCUT2D eigenvalue weighted by Gasteiger charge is -2.19. The minimum absolute atomic E-state index is 0.164. The molecule has 0 bridgehead atoms. The van der Waals surface area contributed by atoms with Crippen molar-refractivity contribution in [2.45, 2.75) is 110 Å². The summed E-state index contributed by atoms with van der Waals surface area (Å²) in [7, 11) is 0. The van der Waals surface area contributed by atoms with Crippen molar-refractivity contribution in [3.05, 3.63) is 235 Å². The molecule has 9 nitrogen and oxygen atoms in total. The second-order valence-corrected chi connectivity index (χ2v) is 21.6. The standard InChI is InChI=1S/C75H72N4O5/c1-4-6-8-10-12-14-20-54-25-41-63(42-26-54)76-77-64-43-35-57(36-44-64)55-27-31-61(32-28-55)74(80)83-70-51-39-59-21-15-17-23-68(59)72(70)73-69-24-18-16-22-60(69)40-52-71(73)84-75(81)62-33-29-56(30-34-62)58-37-45-65(46-38-58)78-79-66-47-49-67(50-48-66)82-53(3)19-13-11-9-7-5-2/h15-18,21-53H,4-14,19-20H2,1-3H3/t53-/m0/s1. The van der Waals surface area contributed by atoms with Crippen molar-refractivity contribution in [2.24, 2.45) is 20.5 Å². The van der Waals surface area contributed by atoms with Crippen molar-refractivity contribution in [2.75, 3.05) is 0 Å². The molecule has 9 heteroatoms. The Balaban J connectivity index is 0.798. The van der Waals surface area contributed by atoms with Crippen LogP contribution in [-0.2, 0) is 6.42 Å². The summed E-state index contributed by atoms with van der Waals surface area (Å²) in [4.78, 5) is 28.4. The van der Waals surface area contributed by atoms with Crippen LogP contribution in [0.1, 0.15) is 124 Å². The molecule has 0 unspecified atom stereocenters. The molecule has 0 radical (unpaired) electrons. The summed E-state index contributed by atoms with van der Waals surface area (Å²) in [6.45, 7) is 6.61. The topological polar surface area (TPSA) is 111 Å². The van der Waals surface area contributed by atoms with E-state index in [2.05, 4.69) is 53.4 Å². The Kier molecular flexibility index (Phi) is 20.0. The van der Waals surface area contributed by atoms with Crippen LogP contribution in [0, 0.1) is 0 Å². The molecule has 0 spiro atoms. The first-order valence-electron chi connectivity index (χ1n) is 29.9. The molecule has 1 atom stereocenters. The number of hydrogen-bond donors (Lipinski definition) is 0. The number of carbonyl (C=O) groups is 2. The highest BCUT2D eigenvalue weighted by molar-refractivity contribution is 6.11. The summed E-state index contributed by atoms with van der Waals surface area (Å²) in [6, 6.07) is 69.8. The molecule has 0 heterocycles. The van der Waals surface area contributed by atoms with Gasteiger partial charge in [0.15, 0.2) is 0 Å². The summed E-state index contributed by atoms with van der Waals surface area (Å²) in [5.74, 6) is 0.435. The highest BCUT2D eigenvalue weighted by atomic mass is 16.5. The number of hydrogen-bond acceptors (Lipinski definition) is 9. The van der Waals surface area contributed by atoms with E-state index in [0.717, 1.165) is 79.5 Å². The zero-order valence-corrected chi connectivity index (χ0v) is 48.4. The Labute approximate surface area is 494 Å². The predicted molar refractivity (Wildman–Crippen MR) is 342 cm³/mol. The minimum Gasteiger partial charge on any atom is -0.491 e. The highest BCUT2D eigenvalue weighted by Crippen LogP contribution is 2.46. The van der Waals surface area contributed by atoms with E-state index >= 15 is 0 Å². The molecule has 10 rings (SSSR count). The second kappa shape index (κ2) is 29.1. The molecule has 422 valence electrons. The fourth-order valence-electron chi connectivity index (χ4n) is 10.5. The maximum Gasteiger partial charge on any atom is 0.343 e. The van der Waals surface area contributed by atoms with E-state index < -0.39 is 11.9 Å². The number of ether oxygens (including phenoxy) is 3. The fraction of sp³-hybridized carbons (Fsp3) is 0.227. The van der Waals surface area contributed by atoms with Crippen LogP contribution < -0.4 is 14.2 Å². The molecule has 0 saturated carbocycles. The molecule has 0 aromatic heterocycles. The second-order valence-electron chi connectivity index (χ2n) is 21.6. The number of benzene rings is 10. The van der Waals surface area contributed by atoms with Crippen LogP contribution in [0.3, 0.4) is 0 Å². The van der Waals surface area contributed by atoms with Gasteiger partial charge in [-0.1, -0.05) is 193 Å². The van der Waals surface area contributed by atoms with Gasteiger partial charge in [-0.2, -0.15) is 20.5 Å². The molecule has 0 fully saturated rings. The van der Waals surface area contributed by atoms with Crippen LogP contribution >= 0.6 is 0 Å². The van der Waals surface area contributed by atoms with Gasteiger partial charge in [0.05, 0.1) is 40.0 Å². The van der Waals surface area contributed by atoms with Gasteiger partial charge < -0.3 is 14.2 Å². The molecule has 10 aromatic carbocycles. The molecular weight excluding hydrogens is 1040 g/mol. The first-order valence-corrected chi connectivity index (χ1v) is 29.9. The lowest BCUT2D eigenvalue weighted by atomic mass is 9.92. The van der Waals surface area contributed by atoms with Crippen LogP contribution in [0.25, 0.3) is 54.9 Å². The molecule has 0 amide bonds. The molecule has 0 saturated heterocycles. The highest BCUT2D eigenvalue weighted by Gasteiger charge is 2.23. The van der Waals surface area contributed by atoms with Crippen molar-refractivity contribution < 1.29 is 23.8 Å². The molecule has 0 N–H and O–H groups in total. The number of nitrogens with zero attached hydrogens (tertiary/aromatic N) is 4. The van der Waals surface area contributed by atoms with Gasteiger partial charge in [0.2, 0.25) is 0 Å². The van der Waals surface area contributed by atoms with Gasteiger partial charge in [-0.3, -0.25) is 0 Å². The number of aryl methyl sites for hydroxylation is 1. The van der Waals surface area contributed by atoms with Gasteiger partial charge in [0, 0.05) is 11.1 Å². The average Bonchev–Trinajstić information content (AvgIpc) is 3.71. The third-order valence-electron chi connectivity index (χ3n) is 15.3. The number of azo groups is 2. The van der Waals surface area contributed by atoms with E-state index in [1.54, 1.807) is 24.3 Å². The Morgan fingerprint density at radius 2 is 0.750 bits per heavy atom. The number of rotatable bonds is 26. The van der Waals surface area contributed by atoms with Gasteiger partial charge in [0.1, 0.15) is 17.2 Å². The van der Waals surface area contributed by atoms with Crippen molar-refractivity contribution in [1.82, 2.24) is 0 Å². The van der Waals surface area contributed by atoms with Crippen LogP contribution in [0.2, 0.25) is 0 Å². The van der Waals surface area contributed by atoms with E-state index in [9.17, 15) is 9.59 Å². The van der Waals surface area contributed by atoms with Crippen LogP contribution in [0.15, 0.2) is 239 Å². The van der Waals surface area contributed by atoms with Crippen LogP contribution in [0.4, 0.5) is 22.7 Å². The molecule has 10 aromatic rings. The molecule has 0 aliphatic rings. The summed E-state index contributed by atoms with van der Waals surface area (Å²) < 4.78 is 18.9. The predicted octanol–water partition coefficient (Wildman–Crippen LogP) is 22.3. The van der Waals surface area contributed by atoms with Gasteiger partial charge in [-0.25, -0.2) is 9.59 Å². The van der Waals surface area contributed by atoms with Gasteiger partial charge >= 0.3 is 11.9 Å². The summed E-state index contributed by atoms with van der Waals surface area (Å²) in [5, 5.41) is 21.4. The Morgan fingerprint density at radius 1 is 0.381 bits per heavy atom. The third-order valence-corrected chi connectivity index (χ3v) is 15.3. The Bertz CT molecular complexity index is 3840. The molecule has 0 aliphatic carbocycles. The van der Waals surface area contributed by atoms with Crippen molar-refractivity contribution in [1.29, 1.82) is 0 Å². The number of esters is 2. The van der Waals surface area contributed by atoms with Crippen LogP contribution in [0.5, 0.6) is 17.2 Å². The molecule has 0 aliphatic heterocycles. The van der Waals surface area contributed by atoms with Gasteiger partial charge in [0.25, 0.3) is 0 Å². The number of unbranched alkanes of at least 4 members (excludes halogenated alkanes) is 9. The third kappa shape index (κ3) is 15.4. The summed E-state index contributed by atoms with van der Waals surface area (Å²) in [6.07, 6.45) is 16.3.